The standard InChI is InChI=1S/C21H24N4O2S/c1-14(2)18(21(26)25-8-10-27-11-9-25)24-19-16-12-17(15-6-4-3-5-7-15)28-20(16)23-13-22-19/h3-7,12-14,18H,8-11H2,1-2H3,(H,22,23,24). The van der Waals surface area contributed by atoms with E-state index in [9.17, 15) is 4.79 Å². The molecule has 3 heterocycles. The summed E-state index contributed by atoms with van der Waals surface area (Å²) in [7, 11) is 0. The van der Waals surface area contributed by atoms with E-state index >= 15 is 0 Å². The molecule has 0 radical (unpaired) electrons. The van der Waals surface area contributed by atoms with Crippen LogP contribution < -0.4 is 5.32 Å². The molecule has 1 aromatic carbocycles. The van der Waals surface area contributed by atoms with Crippen LogP contribution in [0.4, 0.5) is 5.82 Å². The van der Waals surface area contributed by atoms with Crippen molar-refractivity contribution in [1.29, 1.82) is 0 Å². The van der Waals surface area contributed by atoms with Crippen molar-refractivity contribution in [3.63, 3.8) is 0 Å². The van der Waals surface area contributed by atoms with Gasteiger partial charge in [-0.3, -0.25) is 4.79 Å². The van der Waals surface area contributed by atoms with Crippen LogP contribution in [0.3, 0.4) is 0 Å². The molecule has 3 aromatic rings. The minimum absolute atomic E-state index is 0.101. The third-order valence-electron chi connectivity index (χ3n) is 4.94. The van der Waals surface area contributed by atoms with Gasteiger partial charge in [-0.2, -0.15) is 0 Å². The van der Waals surface area contributed by atoms with Crippen LogP contribution in [-0.2, 0) is 9.53 Å². The van der Waals surface area contributed by atoms with Crippen LogP contribution in [0.1, 0.15) is 13.8 Å². The average molecular weight is 397 g/mol. The quantitative estimate of drug-likeness (QED) is 0.713. The number of hydrogen-bond acceptors (Lipinski definition) is 6. The Morgan fingerprint density at radius 2 is 1.93 bits per heavy atom. The number of carbonyl (C=O) groups is 1. The van der Waals surface area contributed by atoms with Crippen molar-refractivity contribution in [2.75, 3.05) is 31.6 Å². The first kappa shape index (κ1) is 18.8. The number of morpholine rings is 1. The summed E-state index contributed by atoms with van der Waals surface area (Å²) in [6.45, 7) is 6.58. The smallest absolute Gasteiger partial charge is 0.245 e. The van der Waals surface area contributed by atoms with E-state index in [1.165, 1.54) is 0 Å². The van der Waals surface area contributed by atoms with E-state index in [1.807, 2.05) is 23.1 Å². The Morgan fingerprint density at radius 1 is 1.18 bits per heavy atom. The molecular formula is C21H24N4O2S. The lowest BCUT2D eigenvalue weighted by atomic mass is 10.0. The molecule has 0 saturated carbocycles. The van der Waals surface area contributed by atoms with Crippen LogP contribution in [0.2, 0.25) is 0 Å². The Labute approximate surface area is 168 Å². The van der Waals surface area contributed by atoms with Crippen LogP contribution in [0.5, 0.6) is 0 Å². The van der Waals surface area contributed by atoms with Crippen LogP contribution in [0.25, 0.3) is 20.7 Å². The summed E-state index contributed by atoms with van der Waals surface area (Å²) in [6, 6.07) is 12.0. The number of anilines is 1. The maximum Gasteiger partial charge on any atom is 0.245 e. The molecule has 0 aliphatic carbocycles. The summed E-state index contributed by atoms with van der Waals surface area (Å²) in [5.41, 5.74) is 1.15. The molecule has 0 bridgehead atoms. The lowest BCUT2D eigenvalue weighted by Crippen LogP contribution is -2.49. The second-order valence-corrected chi connectivity index (χ2v) is 8.25. The summed E-state index contributed by atoms with van der Waals surface area (Å²) in [6.07, 6.45) is 1.56. The molecule has 1 amide bonds. The van der Waals surface area contributed by atoms with Crippen molar-refractivity contribution in [3.8, 4) is 10.4 Å². The zero-order valence-electron chi connectivity index (χ0n) is 16.1. The molecule has 2 aromatic heterocycles. The third kappa shape index (κ3) is 3.86. The van der Waals surface area contributed by atoms with Crippen LogP contribution in [0, 0.1) is 5.92 Å². The van der Waals surface area contributed by atoms with Gasteiger partial charge in [-0.15, -0.1) is 11.3 Å². The summed E-state index contributed by atoms with van der Waals surface area (Å²) < 4.78 is 5.38. The number of rotatable bonds is 5. The van der Waals surface area contributed by atoms with Crippen molar-refractivity contribution >= 4 is 33.3 Å². The molecule has 0 spiro atoms. The number of nitrogens with zero attached hydrogens (tertiary/aromatic N) is 3. The van der Waals surface area contributed by atoms with Gasteiger partial charge in [0.2, 0.25) is 5.91 Å². The Bertz CT molecular complexity index is 951. The van der Waals surface area contributed by atoms with E-state index in [2.05, 4.69) is 47.3 Å². The molecule has 1 aliphatic heterocycles. The number of aromatic nitrogens is 2. The van der Waals surface area contributed by atoms with Gasteiger partial charge in [0.1, 0.15) is 23.0 Å². The molecular weight excluding hydrogens is 372 g/mol. The second-order valence-electron chi connectivity index (χ2n) is 7.22. The van der Waals surface area contributed by atoms with Gasteiger partial charge in [-0.05, 0) is 17.5 Å². The van der Waals surface area contributed by atoms with Gasteiger partial charge in [-0.25, -0.2) is 9.97 Å². The van der Waals surface area contributed by atoms with Gasteiger partial charge in [0.05, 0.1) is 18.6 Å². The lowest BCUT2D eigenvalue weighted by molar-refractivity contribution is -0.137. The fraction of sp³-hybridized carbons (Fsp3) is 0.381. The van der Waals surface area contributed by atoms with E-state index < -0.39 is 0 Å². The molecule has 1 N–H and O–H groups in total. The number of carbonyl (C=O) groups excluding carboxylic acids is 1. The van der Waals surface area contributed by atoms with Gasteiger partial charge >= 0.3 is 0 Å². The molecule has 1 unspecified atom stereocenters. The van der Waals surface area contributed by atoms with Crippen molar-refractivity contribution in [2.24, 2.45) is 5.92 Å². The van der Waals surface area contributed by atoms with E-state index in [-0.39, 0.29) is 17.9 Å². The summed E-state index contributed by atoms with van der Waals surface area (Å²) >= 11 is 1.63. The molecule has 1 fully saturated rings. The van der Waals surface area contributed by atoms with Gasteiger partial charge in [0, 0.05) is 18.0 Å². The number of amides is 1. The lowest BCUT2D eigenvalue weighted by Gasteiger charge is -2.32. The molecule has 6 nitrogen and oxygen atoms in total. The number of thiophene rings is 1. The Balaban J connectivity index is 1.63. The Kier molecular flexibility index (Phi) is 5.54. The highest BCUT2D eigenvalue weighted by Gasteiger charge is 2.29. The number of nitrogens with one attached hydrogen (secondary N) is 1. The van der Waals surface area contributed by atoms with Gasteiger partial charge < -0.3 is 15.0 Å². The number of fused-ring (bicyclic) bond motifs is 1. The van der Waals surface area contributed by atoms with Crippen LogP contribution >= 0.6 is 11.3 Å². The normalized spacial score (nSPS) is 15.8. The monoisotopic (exact) mass is 396 g/mol. The maximum atomic E-state index is 13.1. The maximum absolute atomic E-state index is 13.1. The van der Waals surface area contributed by atoms with E-state index in [4.69, 9.17) is 4.74 Å². The largest absolute Gasteiger partial charge is 0.378 e. The minimum atomic E-state index is -0.337. The van der Waals surface area contributed by atoms with Gasteiger partial charge in [0.25, 0.3) is 0 Å². The zero-order valence-corrected chi connectivity index (χ0v) is 16.9. The highest BCUT2D eigenvalue weighted by Crippen LogP contribution is 2.35. The minimum Gasteiger partial charge on any atom is -0.378 e. The summed E-state index contributed by atoms with van der Waals surface area (Å²) in [5, 5.41) is 4.36. The first-order valence-electron chi connectivity index (χ1n) is 9.56. The van der Waals surface area contributed by atoms with Crippen LogP contribution in [-0.4, -0.2) is 53.1 Å². The second kappa shape index (κ2) is 8.24. The molecule has 1 saturated heterocycles. The topological polar surface area (TPSA) is 67.4 Å². The number of ether oxygens (including phenoxy) is 1. The number of hydrogen-bond donors (Lipinski definition) is 1. The van der Waals surface area contributed by atoms with Crippen molar-refractivity contribution in [1.82, 2.24) is 14.9 Å². The molecule has 7 heteroatoms. The van der Waals surface area contributed by atoms with Crippen LogP contribution in [0.15, 0.2) is 42.7 Å². The Hall–Kier alpha value is -2.51. The zero-order chi connectivity index (χ0) is 19.5. The molecule has 1 aliphatic rings. The highest BCUT2D eigenvalue weighted by atomic mass is 32.1. The van der Waals surface area contributed by atoms with Gasteiger partial charge in [-0.1, -0.05) is 44.2 Å². The predicted octanol–water partition coefficient (Wildman–Crippen LogP) is 3.65. The molecule has 28 heavy (non-hydrogen) atoms. The average Bonchev–Trinajstić information content (AvgIpc) is 3.18. The summed E-state index contributed by atoms with van der Waals surface area (Å²) in [5.74, 6) is 0.944. The van der Waals surface area contributed by atoms with Crippen molar-refractivity contribution < 1.29 is 9.53 Å². The first-order chi connectivity index (χ1) is 13.6. The predicted molar refractivity (Wildman–Crippen MR) is 112 cm³/mol. The van der Waals surface area contributed by atoms with Crippen molar-refractivity contribution in [2.45, 2.75) is 19.9 Å². The molecule has 146 valence electrons. The fourth-order valence-electron chi connectivity index (χ4n) is 3.36. The summed E-state index contributed by atoms with van der Waals surface area (Å²) in [4.78, 5) is 25.9. The van der Waals surface area contributed by atoms with Gasteiger partial charge in [0.15, 0.2) is 0 Å². The SMILES string of the molecule is CC(C)C(Nc1ncnc2sc(-c3ccccc3)cc12)C(=O)N1CCOCC1. The highest BCUT2D eigenvalue weighted by molar-refractivity contribution is 7.21. The fourth-order valence-corrected chi connectivity index (χ4v) is 4.36. The van der Waals surface area contributed by atoms with E-state index in [0.717, 1.165) is 20.7 Å². The Morgan fingerprint density at radius 3 is 2.64 bits per heavy atom. The third-order valence-corrected chi connectivity index (χ3v) is 6.03. The first-order valence-corrected chi connectivity index (χ1v) is 10.4. The van der Waals surface area contributed by atoms with E-state index in [1.54, 1.807) is 17.7 Å². The van der Waals surface area contributed by atoms with E-state index in [0.29, 0.717) is 32.1 Å². The van der Waals surface area contributed by atoms with Crippen molar-refractivity contribution in [3.05, 3.63) is 42.7 Å². The number of benzene rings is 1. The molecule has 1 atom stereocenters. The molecule has 4 rings (SSSR count).